The molecule has 0 aromatic carbocycles. The average Bonchev–Trinajstić information content (AvgIpc) is 1.59. The monoisotopic (exact) mass is 146 g/mol. The molecule has 0 N–H and O–H groups in total. The maximum atomic E-state index is 11.1. The Morgan fingerprint density at radius 2 is 2.00 bits per heavy atom. The molecule has 0 aliphatic rings. The van der Waals surface area contributed by atoms with Crippen LogP contribution in [0.4, 0.5) is 13.2 Å². The summed E-state index contributed by atoms with van der Waals surface area (Å²) in [6, 6.07) is 0. The Kier molecular flexibility index (Phi) is 3.23. The van der Waals surface area contributed by atoms with Gasteiger partial charge in [-0.2, -0.15) is 13.2 Å². The van der Waals surface area contributed by atoms with Crippen LogP contribution in [0.5, 0.6) is 0 Å². The van der Waals surface area contributed by atoms with Crippen molar-refractivity contribution >= 4 is 12.0 Å². The van der Waals surface area contributed by atoms with Crippen molar-refractivity contribution in [3.05, 3.63) is 0 Å². The molecule has 0 unspecified atom stereocenters. The maximum Gasteiger partial charge on any atom is 0.413 e. The number of hydrogen-bond donors (Lipinski definition) is 0. The normalized spacial score (nSPS) is 12.0. The number of alkyl halides is 3. The van der Waals surface area contributed by atoms with Crippen LogP contribution in [-0.4, -0.2) is 19.0 Å². The third kappa shape index (κ3) is 6.10. The highest BCUT2D eigenvalue weighted by Crippen LogP contribution is 2.16. The molecule has 0 saturated carbocycles. The first-order valence-electron chi connectivity index (χ1n) is 1.78. The second-order valence-electron chi connectivity index (χ2n) is 1.04. The molecule has 0 fully saturated rings. The SMILES string of the molecule is CSOCC(F)(F)F. The Balaban J connectivity index is 3.11. The van der Waals surface area contributed by atoms with Crippen molar-refractivity contribution in [3.8, 4) is 0 Å². The highest BCUT2D eigenvalue weighted by atomic mass is 32.2. The van der Waals surface area contributed by atoms with Gasteiger partial charge in [-0.05, 0) is 12.0 Å². The zero-order valence-corrected chi connectivity index (χ0v) is 4.97. The van der Waals surface area contributed by atoms with Gasteiger partial charge in [0.05, 0.1) is 0 Å². The van der Waals surface area contributed by atoms with Crippen LogP contribution < -0.4 is 0 Å². The van der Waals surface area contributed by atoms with Crippen molar-refractivity contribution in [2.24, 2.45) is 0 Å². The second kappa shape index (κ2) is 3.19. The van der Waals surface area contributed by atoms with E-state index in [1.807, 2.05) is 0 Å². The van der Waals surface area contributed by atoms with Crippen LogP contribution in [0.15, 0.2) is 0 Å². The zero-order valence-electron chi connectivity index (χ0n) is 4.16. The summed E-state index contributed by atoms with van der Waals surface area (Å²) in [7, 11) is 0. The van der Waals surface area contributed by atoms with Crippen molar-refractivity contribution < 1.29 is 17.4 Å². The highest BCUT2D eigenvalue weighted by molar-refractivity contribution is 7.93. The molecule has 8 heavy (non-hydrogen) atoms. The van der Waals surface area contributed by atoms with E-state index in [0.717, 1.165) is 0 Å². The molecule has 0 aromatic rings. The summed E-state index contributed by atoms with van der Waals surface area (Å²) in [5.74, 6) is 0. The Morgan fingerprint density at radius 1 is 1.50 bits per heavy atom. The van der Waals surface area contributed by atoms with Gasteiger partial charge in [-0.15, -0.1) is 0 Å². The lowest BCUT2D eigenvalue weighted by molar-refractivity contribution is -0.150. The van der Waals surface area contributed by atoms with E-state index in [2.05, 4.69) is 4.18 Å². The quantitative estimate of drug-likeness (QED) is 0.550. The first-order chi connectivity index (χ1) is 3.56. The molecule has 0 aliphatic carbocycles. The molecular formula is C3H5F3OS. The minimum absolute atomic E-state index is 0.708. The molecule has 0 rings (SSSR count). The van der Waals surface area contributed by atoms with Gasteiger partial charge < -0.3 is 4.18 Å². The molecule has 0 heterocycles. The minimum Gasteiger partial charge on any atom is -0.306 e. The van der Waals surface area contributed by atoms with Crippen LogP contribution in [0.2, 0.25) is 0 Å². The summed E-state index contributed by atoms with van der Waals surface area (Å²) in [5.41, 5.74) is 0. The van der Waals surface area contributed by atoms with E-state index < -0.39 is 12.8 Å². The van der Waals surface area contributed by atoms with E-state index in [9.17, 15) is 13.2 Å². The molecule has 0 aliphatic heterocycles. The molecule has 1 nitrogen and oxygen atoms in total. The van der Waals surface area contributed by atoms with Crippen LogP contribution in [0.3, 0.4) is 0 Å². The fraction of sp³-hybridized carbons (Fsp3) is 1.00. The third-order valence-electron chi connectivity index (χ3n) is 0.340. The number of hydrogen-bond acceptors (Lipinski definition) is 2. The zero-order chi connectivity index (χ0) is 6.62. The summed E-state index contributed by atoms with van der Waals surface area (Å²) >= 11 is 0.708. The molecule has 0 aromatic heterocycles. The predicted molar refractivity (Wildman–Crippen MR) is 25.5 cm³/mol. The summed E-state index contributed by atoms with van der Waals surface area (Å²) in [6.07, 6.45) is -2.76. The van der Waals surface area contributed by atoms with Gasteiger partial charge in [0.2, 0.25) is 0 Å². The van der Waals surface area contributed by atoms with E-state index in [1.165, 1.54) is 6.26 Å². The fourth-order valence-corrected chi connectivity index (χ4v) is 0.377. The van der Waals surface area contributed by atoms with Crippen LogP contribution in [0.25, 0.3) is 0 Å². The van der Waals surface area contributed by atoms with E-state index >= 15 is 0 Å². The number of rotatable bonds is 2. The lowest BCUT2D eigenvalue weighted by Gasteiger charge is -2.02. The summed E-state index contributed by atoms with van der Waals surface area (Å²) in [6.45, 7) is -1.17. The molecule has 0 spiro atoms. The Labute approximate surface area is 49.4 Å². The second-order valence-corrected chi connectivity index (χ2v) is 1.61. The molecule has 0 radical (unpaired) electrons. The third-order valence-corrected chi connectivity index (χ3v) is 0.694. The lowest BCUT2D eigenvalue weighted by atomic mass is 10.7. The van der Waals surface area contributed by atoms with Crippen molar-refractivity contribution in [1.82, 2.24) is 0 Å². The van der Waals surface area contributed by atoms with E-state index in [1.54, 1.807) is 0 Å². The predicted octanol–water partition coefficient (Wildman–Crippen LogP) is 1.84. The standard InChI is InChI=1S/C3H5F3OS/c1-8-7-2-3(4,5)6/h2H2,1H3. The molecule has 50 valence electrons. The summed E-state index contributed by atoms with van der Waals surface area (Å²) < 4.78 is 37.3. The van der Waals surface area contributed by atoms with E-state index in [-0.39, 0.29) is 0 Å². The Morgan fingerprint density at radius 3 is 2.12 bits per heavy atom. The van der Waals surface area contributed by atoms with Crippen molar-refractivity contribution in [2.75, 3.05) is 12.9 Å². The topological polar surface area (TPSA) is 9.23 Å². The first kappa shape index (κ1) is 8.10. The van der Waals surface area contributed by atoms with Gasteiger partial charge >= 0.3 is 6.18 Å². The van der Waals surface area contributed by atoms with Crippen molar-refractivity contribution in [2.45, 2.75) is 6.18 Å². The molecule has 0 bridgehead atoms. The van der Waals surface area contributed by atoms with Gasteiger partial charge in [-0.1, -0.05) is 0 Å². The molecule has 0 saturated heterocycles. The molecule has 5 heteroatoms. The van der Waals surface area contributed by atoms with Gasteiger partial charge in [0.1, 0.15) is 0 Å². The minimum atomic E-state index is -4.19. The molecular weight excluding hydrogens is 141 g/mol. The van der Waals surface area contributed by atoms with Gasteiger partial charge in [-0.25, -0.2) is 0 Å². The van der Waals surface area contributed by atoms with Gasteiger partial charge in [0, 0.05) is 6.26 Å². The molecule has 0 amide bonds. The Bertz CT molecular complexity index is 62.0. The largest absolute Gasteiger partial charge is 0.413 e. The van der Waals surface area contributed by atoms with Crippen LogP contribution >= 0.6 is 12.0 Å². The number of halogens is 3. The average molecular weight is 146 g/mol. The van der Waals surface area contributed by atoms with Crippen LogP contribution in [0.1, 0.15) is 0 Å². The highest BCUT2D eigenvalue weighted by Gasteiger charge is 2.27. The van der Waals surface area contributed by atoms with Crippen molar-refractivity contribution in [3.63, 3.8) is 0 Å². The van der Waals surface area contributed by atoms with Crippen LogP contribution in [-0.2, 0) is 4.18 Å². The van der Waals surface area contributed by atoms with E-state index in [0.29, 0.717) is 12.0 Å². The van der Waals surface area contributed by atoms with Crippen LogP contribution in [0, 0.1) is 0 Å². The van der Waals surface area contributed by atoms with E-state index in [4.69, 9.17) is 0 Å². The van der Waals surface area contributed by atoms with Gasteiger partial charge in [0.25, 0.3) is 0 Å². The molecule has 0 atom stereocenters. The first-order valence-corrected chi connectivity index (χ1v) is 2.93. The maximum absolute atomic E-state index is 11.1. The summed E-state index contributed by atoms with van der Waals surface area (Å²) in [4.78, 5) is 0. The Hall–Kier alpha value is 0.100. The fourth-order valence-electron chi connectivity index (χ4n) is 0.126. The summed E-state index contributed by atoms with van der Waals surface area (Å²) in [5, 5.41) is 0. The van der Waals surface area contributed by atoms with Gasteiger partial charge in [-0.3, -0.25) is 0 Å². The van der Waals surface area contributed by atoms with Crippen molar-refractivity contribution in [1.29, 1.82) is 0 Å². The van der Waals surface area contributed by atoms with Gasteiger partial charge in [0.15, 0.2) is 6.61 Å². The smallest absolute Gasteiger partial charge is 0.306 e. The lowest BCUT2D eigenvalue weighted by Crippen LogP contribution is -2.14.